The maximum absolute atomic E-state index is 13.7. The molecule has 1 atom stereocenters. The van der Waals surface area contributed by atoms with Crippen LogP contribution in [0.2, 0.25) is 0 Å². The lowest BCUT2D eigenvalue weighted by molar-refractivity contribution is -0.131. The Bertz CT molecular complexity index is 780. The van der Waals surface area contributed by atoms with Gasteiger partial charge in [-0.3, -0.25) is 14.6 Å². The van der Waals surface area contributed by atoms with Crippen LogP contribution < -0.4 is 0 Å². The molecule has 0 saturated carbocycles. The molecule has 0 radical (unpaired) electrons. The van der Waals surface area contributed by atoms with Crippen molar-refractivity contribution in [3.8, 4) is 0 Å². The molecule has 25 heavy (non-hydrogen) atoms. The summed E-state index contributed by atoms with van der Waals surface area (Å²) in [5.74, 6) is -2.66. The average Bonchev–Trinajstić information content (AvgIpc) is 2.65. The van der Waals surface area contributed by atoms with Crippen molar-refractivity contribution in [2.24, 2.45) is 5.92 Å². The highest BCUT2D eigenvalue weighted by molar-refractivity contribution is 5.96. The number of likely N-dealkylation sites (tertiary alicyclic amines) is 1. The van der Waals surface area contributed by atoms with Crippen LogP contribution >= 0.6 is 0 Å². The number of amides is 1. The third-order valence-corrected chi connectivity index (χ3v) is 4.44. The van der Waals surface area contributed by atoms with E-state index in [9.17, 15) is 18.4 Å². The molecule has 2 aromatic rings. The summed E-state index contributed by atoms with van der Waals surface area (Å²) in [6.45, 7) is 0.799. The lowest BCUT2D eigenvalue weighted by atomic mass is 9.91. The maximum atomic E-state index is 13.7. The second kappa shape index (κ2) is 7.51. The maximum Gasteiger partial charge on any atom is 0.227 e. The molecule has 1 aromatic carbocycles. The van der Waals surface area contributed by atoms with Gasteiger partial charge in [0.15, 0.2) is 17.4 Å². The molecule has 1 aliphatic rings. The van der Waals surface area contributed by atoms with E-state index in [1.165, 1.54) is 12.1 Å². The zero-order chi connectivity index (χ0) is 17.8. The number of nitrogens with zero attached hydrogens (tertiary/aromatic N) is 2. The van der Waals surface area contributed by atoms with Gasteiger partial charge in [0.2, 0.25) is 5.91 Å². The van der Waals surface area contributed by atoms with Crippen molar-refractivity contribution in [2.45, 2.75) is 19.3 Å². The number of carbonyl (C=O) groups is 2. The van der Waals surface area contributed by atoms with Crippen molar-refractivity contribution >= 4 is 11.7 Å². The summed E-state index contributed by atoms with van der Waals surface area (Å²) in [7, 11) is 0. The number of piperidine rings is 1. The topological polar surface area (TPSA) is 50.3 Å². The van der Waals surface area contributed by atoms with Crippen LogP contribution in [0.3, 0.4) is 0 Å². The standard InChI is InChI=1S/C19H18F2N2O2/c20-15-7-3-5-13(18(15)21)11-17(24)23-10-4-6-14(12-23)19(25)16-8-1-2-9-22-16/h1-3,5,7-9,14H,4,6,10-12H2/t14-/m0/s1. The van der Waals surface area contributed by atoms with Crippen molar-refractivity contribution < 1.29 is 18.4 Å². The van der Waals surface area contributed by atoms with E-state index in [2.05, 4.69) is 4.98 Å². The number of aromatic nitrogens is 1. The van der Waals surface area contributed by atoms with Crippen LogP contribution in [0.15, 0.2) is 42.6 Å². The van der Waals surface area contributed by atoms with Crippen LogP contribution in [-0.4, -0.2) is 34.7 Å². The lowest BCUT2D eigenvalue weighted by Crippen LogP contribution is -2.43. The van der Waals surface area contributed by atoms with E-state index >= 15 is 0 Å². The van der Waals surface area contributed by atoms with Crippen LogP contribution in [0.5, 0.6) is 0 Å². The minimum absolute atomic E-state index is 0.0307. The Balaban J connectivity index is 1.67. The fourth-order valence-electron chi connectivity index (χ4n) is 3.10. The summed E-state index contributed by atoms with van der Waals surface area (Å²) in [6.07, 6.45) is 2.73. The predicted molar refractivity (Wildman–Crippen MR) is 87.9 cm³/mol. The van der Waals surface area contributed by atoms with E-state index in [-0.39, 0.29) is 36.1 Å². The molecule has 0 unspecified atom stereocenters. The number of benzene rings is 1. The first-order valence-electron chi connectivity index (χ1n) is 8.22. The fraction of sp³-hybridized carbons (Fsp3) is 0.316. The molecule has 6 heteroatoms. The summed E-state index contributed by atoms with van der Waals surface area (Å²) < 4.78 is 27.0. The molecule has 1 saturated heterocycles. The molecule has 0 N–H and O–H groups in total. The normalized spacial score (nSPS) is 17.4. The molecular weight excluding hydrogens is 326 g/mol. The van der Waals surface area contributed by atoms with Crippen LogP contribution in [0, 0.1) is 17.6 Å². The molecule has 1 aromatic heterocycles. The highest BCUT2D eigenvalue weighted by atomic mass is 19.2. The fourth-order valence-corrected chi connectivity index (χ4v) is 3.10. The molecule has 2 heterocycles. The minimum Gasteiger partial charge on any atom is -0.342 e. The van der Waals surface area contributed by atoms with Gasteiger partial charge >= 0.3 is 0 Å². The largest absolute Gasteiger partial charge is 0.342 e. The summed E-state index contributed by atoms with van der Waals surface area (Å²) in [6, 6.07) is 8.94. The molecule has 1 amide bonds. The van der Waals surface area contributed by atoms with Gasteiger partial charge in [-0.2, -0.15) is 0 Å². The highest BCUT2D eigenvalue weighted by Gasteiger charge is 2.29. The first-order valence-corrected chi connectivity index (χ1v) is 8.22. The Morgan fingerprint density at radius 1 is 1.16 bits per heavy atom. The van der Waals surface area contributed by atoms with E-state index in [1.807, 2.05) is 0 Å². The molecule has 0 spiro atoms. The van der Waals surface area contributed by atoms with Gasteiger partial charge in [-0.05, 0) is 31.0 Å². The molecule has 1 fully saturated rings. The Morgan fingerprint density at radius 3 is 2.76 bits per heavy atom. The minimum atomic E-state index is -0.992. The Morgan fingerprint density at radius 2 is 2.00 bits per heavy atom. The van der Waals surface area contributed by atoms with E-state index in [1.54, 1.807) is 29.3 Å². The Labute approximate surface area is 144 Å². The van der Waals surface area contributed by atoms with Crippen LogP contribution in [0.1, 0.15) is 28.9 Å². The van der Waals surface area contributed by atoms with Crippen LogP contribution in [0.4, 0.5) is 8.78 Å². The van der Waals surface area contributed by atoms with E-state index in [4.69, 9.17) is 0 Å². The van der Waals surface area contributed by atoms with E-state index < -0.39 is 11.6 Å². The van der Waals surface area contributed by atoms with Crippen LogP contribution in [-0.2, 0) is 11.2 Å². The highest BCUT2D eigenvalue weighted by Crippen LogP contribution is 2.21. The number of pyridine rings is 1. The number of hydrogen-bond acceptors (Lipinski definition) is 3. The molecule has 0 bridgehead atoms. The molecular formula is C19H18F2N2O2. The number of ketones is 1. The zero-order valence-corrected chi connectivity index (χ0v) is 13.6. The summed E-state index contributed by atoms with van der Waals surface area (Å²) >= 11 is 0. The number of carbonyl (C=O) groups excluding carboxylic acids is 2. The second-order valence-corrected chi connectivity index (χ2v) is 6.15. The summed E-state index contributed by atoms with van der Waals surface area (Å²) in [5, 5.41) is 0. The van der Waals surface area contributed by atoms with Crippen molar-refractivity contribution in [2.75, 3.05) is 13.1 Å². The van der Waals surface area contributed by atoms with Crippen molar-refractivity contribution in [3.05, 3.63) is 65.5 Å². The van der Waals surface area contributed by atoms with Gasteiger partial charge in [0.1, 0.15) is 5.69 Å². The summed E-state index contributed by atoms with van der Waals surface area (Å²) in [4.78, 5) is 30.6. The first kappa shape index (κ1) is 17.2. The smallest absolute Gasteiger partial charge is 0.227 e. The summed E-state index contributed by atoms with van der Waals surface area (Å²) in [5.41, 5.74) is 0.418. The van der Waals surface area contributed by atoms with Gasteiger partial charge in [-0.15, -0.1) is 0 Å². The van der Waals surface area contributed by atoms with E-state index in [0.717, 1.165) is 6.07 Å². The SMILES string of the molecule is O=C(c1ccccn1)[C@H]1CCCN(C(=O)Cc2cccc(F)c2F)C1. The van der Waals surface area contributed by atoms with Gasteiger partial charge in [0.05, 0.1) is 6.42 Å². The first-order chi connectivity index (χ1) is 12.1. The molecule has 130 valence electrons. The van der Waals surface area contributed by atoms with Gasteiger partial charge in [-0.25, -0.2) is 8.78 Å². The Kier molecular flexibility index (Phi) is 5.16. The number of Topliss-reactive ketones (excluding diaryl/α,β-unsaturated/α-hetero) is 1. The third-order valence-electron chi connectivity index (χ3n) is 4.44. The molecule has 4 nitrogen and oxygen atoms in total. The van der Waals surface area contributed by atoms with Crippen molar-refractivity contribution in [3.63, 3.8) is 0 Å². The van der Waals surface area contributed by atoms with E-state index in [0.29, 0.717) is 25.1 Å². The second-order valence-electron chi connectivity index (χ2n) is 6.15. The quantitative estimate of drug-likeness (QED) is 0.801. The lowest BCUT2D eigenvalue weighted by Gasteiger charge is -2.32. The van der Waals surface area contributed by atoms with Gasteiger partial charge in [0.25, 0.3) is 0 Å². The van der Waals surface area contributed by atoms with Gasteiger partial charge in [0, 0.05) is 30.8 Å². The third kappa shape index (κ3) is 3.90. The Hall–Kier alpha value is -2.63. The zero-order valence-electron chi connectivity index (χ0n) is 13.6. The van der Waals surface area contributed by atoms with Gasteiger partial charge < -0.3 is 4.90 Å². The molecule has 1 aliphatic heterocycles. The van der Waals surface area contributed by atoms with Crippen molar-refractivity contribution in [1.29, 1.82) is 0 Å². The van der Waals surface area contributed by atoms with Gasteiger partial charge in [-0.1, -0.05) is 18.2 Å². The average molecular weight is 344 g/mol. The number of halogens is 2. The number of rotatable bonds is 4. The molecule has 3 rings (SSSR count). The predicted octanol–water partition coefficient (Wildman–Crippen LogP) is 3.02. The molecule has 0 aliphatic carbocycles. The van der Waals surface area contributed by atoms with Crippen LogP contribution in [0.25, 0.3) is 0 Å². The monoisotopic (exact) mass is 344 g/mol. The van der Waals surface area contributed by atoms with Crippen molar-refractivity contribution in [1.82, 2.24) is 9.88 Å². The number of hydrogen-bond donors (Lipinski definition) is 0.